The van der Waals surface area contributed by atoms with E-state index in [0.29, 0.717) is 12.4 Å². The van der Waals surface area contributed by atoms with Gasteiger partial charge in [-0.15, -0.1) is 0 Å². The van der Waals surface area contributed by atoms with E-state index in [2.05, 4.69) is 36.7 Å². The number of para-hydroxylation sites is 1. The molecule has 122 valence electrons. The van der Waals surface area contributed by atoms with Crippen LogP contribution in [0.5, 0.6) is 0 Å². The third-order valence-electron chi connectivity index (χ3n) is 4.92. The number of hydrogen-bond acceptors (Lipinski definition) is 4. The molecule has 0 N–H and O–H groups in total. The summed E-state index contributed by atoms with van der Waals surface area (Å²) in [6.45, 7) is 1.71. The molecule has 1 unspecified atom stereocenters. The van der Waals surface area contributed by atoms with Gasteiger partial charge in [-0.3, -0.25) is 0 Å². The lowest BCUT2D eigenvalue weighted by molar-refractivity contribution is 0.110. The molecule has 0 aliphatic carbocycles. The standard InChI is InChI=1S/C18H18FN5/c19-15-5-1-2-6-16(15)24-12-14-4-3-9-23(14)18(24)22-10-7-17-20-8-11-21(17)13-22/h1-2,5-8,10-12,18H,3-4,9,13H2. The number of aromatic nitrogens is 2. The fourth-order valence-corrected chi connectivity index (χ4v) is 3.83. The van der Waals surface area contributed by atoms with Crippen LogP contribution in [-0.4, -0.2) is 32.2 Å². The van der Waals surface area contributed by atoms with Crippen LogP contribution in [0.25, 0.3) is 6.08 Å². The molecule has 0 spiro atoms. The maximum atomic E-state index is 14.4. The molecule has 1 saturated heterocycles. The summed E-state index contributed by atoms with van der Waals surface area (Å²) < 4.78 is 16.5. The molecule has 24 heavy (non-hydrogen) atoms. The fraction of sp³-hybridized carbons (Fsp3) is 0.278. The van der Waals surface area contributed by atoms with Crippen LogP contribution in [0.2, 0.25) is 0 Å². The quantitative estimate of drug-likeness (QED) is 0.849. The Hall–Kier alpha value is -2.76. The monoisotopic (exact) mass is 323 g/mol. The Bertz CT molecular complexity index is 839. The summed E-state index contributed by atoms with van der Waals surface area (Å²) in [4.78, 5) is 11.0. The lowest BCUT2D eigenvalue weighted by atomic mass is 10.2. The van der Waals surface area contributed by atoms with E-state index in [9.17, 15) is 4.39 Å². The minimum absolute atomic E-state index is 0.0359. The average Bonchev–Trinajstić information content (AvgIpc) is 3.29. The highest BCUT2D eigenvalue weighted by Gasteiger charge is 2.39. The van der Waals surface area contributed by atoms with Gasteiger partial charge in [-0.05, 0) is 31.1 Å². The van der Waals surface area contributed by atoms with Crippen molar-refractivity contribution in [1.29, 1.82) is 0 Å². The highest BCUT2D eigenvalue weighted by molar-refractivity contribution is 5.54. The van der Waals surface area contributed by atoms with Crippen molar-refractivity contribution in [2.24, 2.45) is 0 Å². The van der Waals surface area contributed by atoms with E-state index >= 15 is 0 Å². The smallest absolute Gasteiger partial charge is 0.186 e. The largest absolute Gasteiger partial charge is 0.336 e. The molecule has 5 nitrogen and oxygen atoms in total. The summed E-state index contributed by atoms with van der Waals surface area (Å²) in [5, 5.41) is 0. The normalized spacial score (nSPS) is 22.0. The minimum Gasteiger partial charge on any atom is -0.336 e. The Morgan fingerprint density at radius 1 is 1.21 bits per heavy atom. The predicted octanol–water partition coefficient (Wildman–Crippen LogP) is 3.01. The van der Waals surface area contributed by atoms with E-state index in [-0.39, 0.29) is 12.1 Å². The number of benzene rings is 1. The molecular weight excluding hydrogens is 305 g/mol. The van der Waals surface area contributed by atoms with Gasteiger partial charge >= 0.3 is 0 Å². The van der Waals surface area contributed by atoms with Crippen LogP contribution < -0.4 is 4.90 Å². The summed E-state index contributed by atoms with van der Waals surface area (Å²) in [6, 6.07) is 6.99. The van der Waals surface area contributed by atoms with Crippen LogP contribution in [0.15, 0.2) is 54.8 Å². The number of halogens is 1. The van der Waals surface area contributed by atoms with Crippen molar-refractivity contribution < 1.29 is 4.39 Å². The molecule has 3 aliphatic rings. The van der Waals surface area contributed by atoms with Crippen LogP contribution in [0.3, 0.4) is 0 Å². The zero-order valence-electron chi connectivity index (χ0n) is 13.2. The molecular formula is C18H18FN5. The van der Waals surface area contributed by atoms with E-state index in [1.807, 2.05) is 30.6 Å². The highest BCUT2D eigenvalue weighted by Crippen LogP contribution is 2.38. The van der Waals surface area contributed by atoms with Gasteiger partial charge in [0.15, 0.2) is 6.29 Å². The van der Waals surface area contributed by atoms with Gasteiger partial charge in [0.2, 0.25) is 0 Å². The zero-order chi connectivity index (χ0) is 16.1. The molecule has 0 radical (unpaired) electrons. The summed E-state index contributed by atoms with van der Waals surface area (Å²) in [6.07, 6.45) is 12.1. The molecule has 4 heterocycles. The summed E-state index contributed by atoms with van der Waals surface area (Å²) in [5.74, 6) is 0.765. The second-order valence-corrected chi connectivity index (χ2v) is 6.35. The van der Waals surface area contributed by atoms with E-state index in [0.717, 1.165) is 25.2 Å². The molecule has 1 fully saturated rings. The van der Waals surface area contributed by atoms with Crippen molar-refractivity contribution in [1.82, 2.24) is 19.4 Å². The van der Waals surface area contributed by atoms with Gasteiger partial charge in [-0.2, -0.15) is 0 Å². The highest BCUT2D eigenvalue weighted by atomic mass is 19.1. The first kappa shape index (κ1) is 13.7. The molecule has 0 amide bonds. The van der Waals surface area contributed by atoms with Crippen LogP contribution in [0.4, 0.5) is 10.1 Å². The van der Waals surface area contributed by atoms with Gasteiger partial charge in [-0.1, -0.05) is 12.1 Å². The second kappa shape index (κ2) is 5.12. The fourth-order valence-electron chi connectivity index (χ4n) is 3.83. The lowest BCUT2D eigenvalue weighted by Gasteiger charge is -2.41. The van der Waals surface area contributed by atoms with Crippen molar-refractivity contribution >= 4 is 11.8 Å². The maximum Gasteiger partial charge on any atom is 0.186 e. The lowest BCUT2D eigenvalue weighted by Crippen LogP contribution is -2.51. The Labute approximate surface area is 139 Å². The second-order valence-electron chi connectivity index (χ2n) is 6.35. The van der Waals surface area contributed by atoms with E-state index < -0.39 is 0 Å². The first-order valence-corrected chi connectivity index (χ1v) is 8.26. The van der Waals surface area contributed by atoms with E-state index in [1.165, 1.54) is 11.8 Å². The van der Waals surface area contributed by atoms with Crippen molar-refractivity contribution in [2.45, 2.75) is 25.8 Å². The summed E-state index contributed by atoms with van der Waals surface area (Å²) in [5.41, 5.74) is 1.90. The summed E-state index contributed by atoms with van der Waals surface area (Å²) >= 11 is 0. The van der Waals surface area contributed by atoms with Gasteiger partial charge in [0.05, 0.1) is 12.4 Å². The van der Waals surface area contributed by atoms with Gasteiger partial charge < -0.3 is 19.3 Å². The van der Waals surface area contributed by atoms with E-state index in [1.54, 1.807) is 6.07 Å². The van der Waals surface area contributed by atoms with Crippen LogP contribution in [0.1, 0.15) is 18.7 Å². The molecule has 3 aliphatic heterocycles. The van der Waals surface area contributed by atoms with Gasteiger partial charge in [0.25, 0.3) is 0 Å². The molecule has 1 aromatic carbocycles. The van der Waals surface area contributed by atoms with Gasteiger partial charge in [0.1, 0.15) is 11.6 Å². The predicted molar refractivity (Wildman–Crippen MR) is 89.8 cm³/mol. The number of rotatable bonds is 2. The third kappa shape index (κ3) is 1.95. The molecule has 1 aromatic heterocycles. The average molecular weight is 323 g/mol. The maximum absolute atomic E-state index is 14.4. The van der Waals surface area contributed by atoms with Crippen molar-refractivity contribution in [3.63, 3.8) is 0 Å². The number of hydrogen-bond donors (Lipinski definition) is 0. The Morgan fingerprint density at radius 3 is 3.04 bits per heavy atom. The Balaban J connectivity index is 1.54. The molecule has 1 atom stereocenters. The van der Waals surface area contributed by atoms with Gasteiger partial charge in [0, 0.05) is 37.0 Å². The van der Waals surface area contributed by atoms with Crippen LogP contribution in [0, 0.1) is 5.82 Å². The van der Waals surface area contributed by atoms with Crippen molar-refractivity contribution in [3.8, 4) is 0 Å². The minimum atomic E-state index is -0.190. The molecule has 0 saturated carbocycles. The Kier molecular flexibility index (Phi) is 2.92. The molecule has 0 bridgehead atoms. The van der Waals surface area contributed by atoms with Crippen LogP contribution in [-0.2, 0) is 6.67 Å². The van der Waals surface area contributed by atoms with Crippen LogP contribution >= 0.6 is 0 Å². The summed E-state index contributed by atoms with van der Waals surface area (Å²) in [7, 11) is 0. The zero-order valence-corrected chi connectivity index (χ0v) is 13.2. The van der Waals surface area contributed by atoms with Gasteiger partial charge in [-0.25, -0.2) is 9.37 Å². The SMILES string of the molecule is Fc1ccccc1N1C=C2CCCN2C1N1C=Cc2nccn2C1. The van der Waals surface area contributed by atoms with Crippen molar-refractivity contribution in [2.75, 3.05) is 11.4 Å². The number of imidazole rings is 1. The number of nitrogens with zero attached hydrogens (tertiary/aromatic N) is 5. The molecule has 5 rings (SSSR count). The first-order valence-electron chi connectivity index (χ1n) is 8.26. The first-order chi connectivity index (χ1) is 11.8. The molecule has 6 heteroatoms. The topological polar surface area (TPSA) is 27.5 Å². The molecule has 2 aromatic rings. The number of fused-ring (bicyclic) bond motifs is 2. The van der Waals surface area contributed by atoms with Crippen molar-refractivity contribution in [3.05, 3.63) is 66.4 Å². The Morgan fingerprint density at radius 2 is 2.12 bits per heavy atom. The number of allylic oxidation sites excluding steroid dienone is 1. The van der Waals surface area contributed by atoms with E-state index in [4.69, 9.17) is 0 Å². The third-order valence-corrected chi connectivity index (χ3v) is 4.92. The number of anilines is 1.